The highest BCUT2D eigenvalue weighted by Crippen LogP contribution is 2.24. The fraction of sp³-hybridized carbons (Fsp3) is 0.211. The first-order valence-electron chi connectivity index (χ1n) is 7.78. The molecule has 0 fully saturated rings. The van der Waals surface area contributed by atoms with Crippen molar-refractivity contribution in [2.24, 2.45) is 5.92 Å². The van der Waals surface area contributed by atoms with Crippen molar-refractivity contribution in [2.75, 3.05) is 13.7 Å². The normalized spacial score (nSPS) is 14.4. The van der Waals surface area contributed by atoms with Crippen LogP contribution in [-0.2, 0) is 16.0 Å². The number of rotatable bonds is 5. The van der Waals surface area contributed by atoms with Crippen LogP contribution in [0.3, 0.4) is 0 Å². The SMILES string of the molecule is COC(=O)C(Cc1ccc(F)cc1)CN1C(=O)c2ccccc2C1=O. The van der Waals surface area contributed by atoms with Crippen molar-refractivity contribution in [1.82, 2.24) is 4.90 Å². The Morgan fingerprint density at radius 3 is 2.12 bits per heavy atom. The summed E-state index contributed by atoms with van der Waals surface area (Å²) in [6, 6.07) is 12.3. The number of nitrogens with zero attached hydrogens (tertiary/aromatic N) is 1. The van der Waals surface area contributed by atoms with Crippen LogP contribution < -0.4 is 0 Å². The third-order valence-corrected chi connectivity index (χ3v) is 4.21. The van der Waals surface area contributed by atoms with Crippen LogP contribution in [0.15, 0.2) is 48.5 Å². The third-order valence-electron chi connectivity index (χ3n) is 4.21. The highest BCUT2D eigenvalue weighted by molar-refractivity contribution is 6.21. The number of ether oxygens (including phenoxy) is 1. The van der Waals surface area contributed by atoms with E-state index >= 15 is 0 Å². The maximum atomic E-state index is 13.0. The summed E-state index contributed by atoms with van der Waals surface area (Å²) in [4.78, 5) is 38.1. The minimum absolute atomic E-state index is 0.0869. The van der Waals surface area contributed by atoms with Crippen LogP contribution in [0.25, 0.3) is 0 Å². The van der Waals surface area contributed by atoms with Crippen LogP contribution in [0, 0.1) is 11.7 Å². The summed E-state index contributed by atoms with van der Waals surface area (Å²) in [6.45, 7) is -0.0869. The van der Waals surface area contributed by atoms with Gasteiger partial charge in [-0.3, -0.25) is 19.3 Å². The van der Waals surface area contributed by atoms with Crippen molar-refractivity contribution in [3.8, 4) is 0 Å². The summed E-state index contributed by atoms with van der Waals surface area (Å²) >= 11 is 0. The lowest BCUT2D eigenvalue weighted by atomic mass is 9.98. The molecule has 2 aromatic carbocycles. The Kier molecular flexibility index (Phi) is 4.61. The molecule has 2 aromatic rings. The van der Waals surface area contributed by atoms with E-state index in [0.29, 0.717) is 16.7 Å². The Morgan fingerprint density at radius 2 is 1.60 bits per heavy atom. The Morgan fingerprint density at radius 1 is 1.04 bits per heavy atom. The van der Waals surface area contributed by atoms with Crippen LogP contribution in [-0.4, -0.2) is 36.3 Å². The quantitative estimate of drug-likeness (QED) is 0.619. The van der Waals surface area contributed by atoms with Gasteiger partial charge in [-0.1, -0.05) is 24.3 Å². The van der Waals surface area contributed by atoms with Crippen molar-refractivity contribution >= 4 is 17.8 Å². The number of amides is 2. The van der Waals surface area contributed by atoms with Gasteiger partial charge in [0.05, 0.1) is 24.2 Å². The number of methoxy groups -OCH3 is 1. The molecule has 0 N–H and O–H groups in total. The average molecular weight is 341 g/mol. The van der Waals surface area contributed by atoms with Gasteiger partial charge >= 0.3 is 5.97 Å². The second-order valence-electron chi connectivity index (χ2n) is 5.82. The van der Waals surface area contributed by atoms with Crippen molar-refractivity contribution < 1.29 is 23.5 Å². The number of benzene rings is 2. The van der Waals surface area contributed by atoms with Crippen LogP contribution >= 0.6 is 0 Å². The first-order chi connectivity index (χ1) is 12.0. The molecule has 6 heteroatoms. The number of halogens is 1. The zero-order valence-corrected chi connectivity index (χ0v) is 13.6. The summed E-state index contributed by atoms with van der Waals surface area (Å²) in [5.74, 6) is -2.47. The molecule has 1 aliphatic heterocycles. The minimum Gasteiger partial charge on any atom is -0.469 e. The molecule has 128 valence electrons. The van der Waals surface area contributed by atoms with Crippen LogP contribution in [0.1, 0.15) is 26.3 Å². The zero-order chi connectivity index (χ0) is 18.0. The molecule has 1 unspecified atom stereocenters. The molecule has 1 atom stereocenters. The standard InChI is InChI=1S/C19H16FNO4/c1-25-19(24)13(10-12-6-8-14(20)9-7-12)11-21-17(22)15-4-2-3-5-16(15)18(21)23/h2-9,13H,10-11H2,1H3. The van der Waals surface area contributed by atoms with Gasteiger partial charge in [-0.15, -0.1) is 0 Å². The Bertz CT molecular complexity index is 797. The van der Waals surface area contributed by atoms with Gasteiger partial charge in [-0.05, 0) is 36.2 Å². The maximum absolute atomic E-state index is 13.0. The Labute approximate surface area is 144 Å². The summed E-state index contributed by atoms with van der Waals surface area (Å²) < 4.78 is 17.8. The molecule has 3 rings (SSSR count). The predicted molar refractivity (Wildman–Crippen MR) is 87.4 cm³/mol. The van der Waals surface area contributed by atoms with Gasteiger partial charge in [0.15, 0.2) is 0 Å². The van der Waals surface area contributed by atoms with Gasteiger partial charge in [-0.2, -0.15) is 0 Å². The van der Waals surface area contributed by atoms with Crippen LogP contribution in [0.2, 0.25) is 0 Å². The second kappa shape index (κ2) is 6.84. The lowest BCUT2D eigenvalue weighted by Gasteiger charge is -2.21. The van der Waals surface area contributed by atoms with Gasteiger partial charge < -0.3 is 4.74 Å². The first-order valence-corrected chi connectivity index (χ1v) is 7.78. The Balaban J connectivity index is 1.82. The summed E-state index contributed by atoms with van der Waals surface area (Å²) in [5, 5.41) is 0. The van der Waals surface area contributed by atoms with E-state index in [1.807, 2.05) is 0 Å². The fourth-order valence-corrected chi connectivity index (χ4v) is 2.92. The van der Waals surface area contributed by atoms with E-state index in [0.717, 1.165) is 4.90 Å². The van der Waals surface area contributed by atoms with Crippen molar-refractivity contribution in [3.05, 3.63) is 71.0 Å². The Hall–Kier alpha value is -3.02. The average Bonchev–Trinajstić information content (AvgIpc) is 2.87. The van der Waals surface area contributed by atoms with Crippen LogP contribution in [0.5, 0.6) is 0 Å². The molecular weight excluding hydrogens is 325 g/mol. The van der Waals surface area contributed by atoms with E-state index in [4.69, 9.17) is 4.74 Å². The number of imide groups is 1. The number of fused-ring (bicyclic) bond motifs is 1. The maximum Gasteiger partial charge on any atom is 0.310 e. The molecule has 5 nitrogen and oxygen atoms in total. The lowest BCUT2D eigenvalue weighted by Crippen LogP contribution is -2.38. The van der Waals surface area contributed by atoms with E-state index in [-0.39, 0.29) is 18.8 Å². The summed E-state index contributed by atoms with van der Waals surface area (Å²) in [5.41, 5.74) is 1.38. The molecule has 0 bridgehead atoms. The number of hydrogen-bond acceptors (Lipinski definition) is 4. The van der Waals surface area contributed by atoms with Crippen molar-refractivity contribution in [1.29, 1.82) is 0 Å². The molecule has 1 heterocycles. The predicted octanol–water partition coefficient (Wildman–Crippen LogP) is 2.45. The van der Waals surface area contributed by atoms with Gasteiger partial charge in [0.2, 0.25) is 0 Å². The van der Waals surface area contributed by atoms with E-state index in [2.05, 4.69) is 0 Å². The monoisotopic (exact) mass is 341 g/mol. The van der Waals surface area contributed by atoms with E-state index in [9.17, 15) is 18.8 Å². The lowest BCUT2D eigenvalue weighted by molar-refractivity contribution is -0.145. The molecule has 0 aromatic heterocycles. The molecular formula is C19H16FNO4. The molecule has 0 saturated heterocycles. The topological polar surface area (TPSA) is 63.7 Å². The molecule has 1 aliphatic rings. The minimum atomic E-state index is -0.724. The third kappa shape index (κ3) is 3.28. The van der Waals surface area contributed by atoms with Crippen LogP contribution in [0.4, 0.5) is 4.39 Å². The van der Waals surface area contributed by atoms with E-state index < -0.39 is 23.7 Å². The second-order valence-corrected chi connectivity index (χ2v) is 5.82. The van der Waals surface area contributed by atoms with Gasteiger partial charge in [0.1, 0.15) is 5.82 Å². The van der Waals surface area contributed by atoms with Gasteiger partial charge in [0.25, 0.3) is 11.8 Å². The summed E-state index contributed by atoms with van der Waals surface area (Å²) in [7, 11) is 1.25. The molecule has 0 aliphatic carbocycles. The number of hydrogen-bond donors (Lipinski definition) is 0. The fourth-order valence-electron chi connectivity index (χ4n) is 2.92. The highest BCUT2D eigenvalue weighted by atomic mass is 19.1. The number of carbonyl (C=O) groups excluding carboxylic acids is 3. The molecule has 0 saturated carbocycles. The number of esters is 1. The van der Waals surface area contributed by atoms with Crippen molar-refractivity contribution in [3.63, 3.8) is 0 Å². The van der Waals surface area contributed by atoms with E-state index in [1.165, 1.54) is 19.2 Å². The smallest absolute Gasteiger partial charge is 0.310 e. The number of carbonyl (C=O) groups is 3. The van der Waals surface area contributed by atoms with Crippen molar-refractivity contribution in [2.45, 2.75) is 6.42 Å². The van der Waals surface area contributed by atoms with Gasteiger partial charge in [-0.25, -0.2) is 4.39 Å². The molecule has 0 spiro atoms. The molecule has 2 amide bonds. The largest absolute Gasteiger partial charge is 0.469 e. The highest BCUT2D eigenvalue weighted by Gasteiger charge is 2.38. The van der Waals surface area contributed by atoms with E-state index in [1.54, 1.807) is 36.4 Å². The first kappa shape index (κ1) is 16.8. The zero-order valence-electron chi connectivity index (χ0n) is 13.6. The molecule has 0 radical (unpaired) electrons. The summed E-state index contributed by atoms with van der Waals surface area (Å²) in [6.07, 6.45) is 0.236. The molecule has 25 heavy (non-hydrogen) atoms. The van der Waals surface area contributed by atoms with Gasteiger partial charge in [0, 0.05) is 6.54 Å².